The Bertz CT molecular complexity index is 1100. The van der Waals surface area contributed by atoms with E-state index in [1.54, 1.807) is 47.7 Å². The van der Waals surface area contributed by atoms with E-state index in [0.29, 0.717) is 5.69 Å². The monoisotopic (exact) mass is 369 g/mol. The van der Waals surface area contributed by atoms with Crippen LogP contribution in [0.25, 0.3) is 16.2 Å². The summed E-state index contributed by atoms with van der Waals surface area (Å²) in [4.78, 5) is 5.72. The molecule has 0 atom stereocenters. The van der Waals surface area contributed by atoms with Gasteiger partial charge in [0.15, 0.2) is 4.96 Å². The van der Waals surface area contributed by atoms with Crippen molar-refractivity contribution in [1.82, 2.24) is 9.38 Å². The van der Waals surface area contributed by atoms with Gasteiger partial charge in [-0.2, -0.15) is 0 Å². The van der Waals surface area contributed by atoms with Crippen molar-refractivity contribution in [2.45, 2.75) is 11.8 Å². The van der Waals surface area contributed by atoms with Crippen LogP contribution in [0.1, 0.15) is 5.56 Å². The molecule has 0 saturated carbocycles. The fourth-order valence-corrected chi connectivity index (χ4v) is 4.27. The maximum atomic E-state index is 12.4. The zero-order valence-electron chi connectivity index (χ0n) is 13.4. The summed E-state index contributed by atoms with van der Waals surface area (Å²) in [7, 11) is -3.59. The second-order valence-corrected chi connectivity index (χ2v) is 8.27. The van der Waals surface area contributed by atoms with E-state index in [0.717, 1.165) is 21.8 Å². The summed E-state index contributed by atoms with van der Waals surface area (Å²) in [6.07, 6.45) is 3.91. The Morgan fingerprint density at radius 3 is 2.44 bits per heavy atom. The third kappa shape index (κ3) is 3.16. The average molecular weight is 369 g/mol. The Kier molecular flexibility index (Phi) is 3.82. The molecular formula is C18H15N3O2S2. The molecule has 0 saturated heterocycles. The average Bonchev–Trinajstić information content (AvgIpc) is 3.17. The first-order chi connectivity index (χ1) is 12.0. The van der Waals surface area contributed by atoms with Gasteiger partial charge in [0.2, 0.25) is 0 Å². The molecule has 126 valence electrons. The lowest BCUT2D eigenvalue weighted by Gasteiger charge is -2.08. The van der Waals surface area contributed by atoms with Crippen LogP contribution in [0.5, 0.6) is 0 Å². The Morgan fingerprint density at radius 1 is 1.04 bits per heavy atom. The van der Waals surface area contributed by atoms with Gasteiger partial charge in [0, 0.05) is 29.0 Å². The quantitative estimate of drug-likeness (QED) is 0.587. The van der Waals surface area contributed by atoms with E-state index >= 15 is 0 Å². The predicted molar refractivity (Wildman–Crippen MR) is 100 cm³/mol. The summed E-state index contributed by atoms with van der Waals surface area (Å²) in [5.41, 5.74) is 3.34. The minimum Gasteiger partial charge on any atom is -0.297 e. The zero-order valence-corrected chi connectivity index (χ0v) is 15.0. The largest absolute Gasteiger partial charge is 0.297 e. The van der Waals surface area contributed by atoms with Gasteiger partial charge < -0.3 is 0 Å². The van der Waals surface area contributed by atoms with Crippen molar-refractivity contribution in [2.24, 2.45) is 0 Å². The first-order valence-corrected chi connectivity index (χ1v) is 10.00. The van der Waals surface area contributed by atoms with Gasteiger partial charge in [-0.25, -0.2) is 13.4 Å². The summed E-state index contributed by atoms with van der Waals surface area (Å²) in [6, 6.07) is 14.0. The molecule has 0 aliphatic carbocycles. The van der Waals surface area contributed by atoms with E-state index in [1.807, 2.05) is 41.2 Å². The molecular weight excluding hydrogens is 354 g/mol. The number of aromatic nitrogens is 2. The molecule has 4 rings (SSSR count). The van der Waals surface area contributed by atoms with Crippen LogP contribution in [0, 0.1) is 6.92 Å². The minimum atomic E-state index is -3.59. The van der Waals surface area contributed by atoms with Gasteiger partial charge in [0.1, 0.15) is 0 Å². The van der Waals surface area contributed by atoms with Crippen molar-refractivity contribution in [3.8, 4) is 11.3 Å². The van der Waals surface area contributed by atoms with Crippen molar-refractivity contribution in [3.63, 3.8) is 0 Å². The Balaban J connectivity index is 1.57. The maximum Gasteiger partial charge on any atom is 0.261 e. The highest BCUT2D eigenvalue weighted by molar-refractivity contribution is 7.92. The number of fused-ring (bicyclic) bond motifs is 1. The van der Waals surface area contributed by atoms with E-state index in [2.05, 4.69) is 9.71 Å². The number of benzene rings is 2. The minimum absolute atomic E-state index is 0.247. The van der Waals surface area contributed by atoms with Gasteiger partial charge in [-0.15, -0.1) is 11.3 Å². The number of nitrogens with zero attached hydrogens (tertiary/aromatic N) is 2. The van der Waals surface area contributed by atoms with Crippen LogP contribution in [-0.4, -0.2) is 17.8 Å². The molecule has 0 aliphatic heterocycles. The summed E-state index contributed by atoms with van der Waals surface area (Å²) in [5.74, 6) is 0. The smallest absolute Gasteiger partial charge is 0.261 e. The summed E-state index contributed by atoms with van der Waals surface area (Å²) < 4.78 is 29.4. The van der Waals surface area contributed by atoms with Crippen LogP contribution in [0.4, 0.5) is 5.69 Å². The summed E-state index contributed by atoms with van der Waals surface area (Å²) >= 11 is 1.57. The molecule has 2 aromatic heterocycles. The molecule has 7 heteroatoms. The lowest BCUT2D eigenvalue weighted by molar-refractivity contribution is 0.601. The van der Waals surface area contributed by atoms with E-state index in [-0.39, 0.29) is 4.90 Å². The fraction of sp³-hybridized carbons (Fsp3) is 0.0556. The molecule has 0 aliphatic rings. The molecule has 0 fully saturated rings. The fourth-order valence-electron chi connectivity index (χ4n) is 2.51. The normalized spacial score (nSPS) is 11.7. The highest BCUT2D eigenvalue weighted by Gasteiger charge is 2.14. The number of hydrogen-bond donors (Lipinski definition) is 1. The van der Waals surface area contributed by atoms with Crippen molar-refractivity contribution < 1.29 is 8.42 Å². The van der Waals surface area contributed by atoms with E-state index in [9.17, 15) is 8.42 Å². The van der Waals surface area contributed by atoms with Crippen LogP contribution in [0.2, 0.25) is 0 Å². The third-order valence-electron chi connectivity index (χ3n) is 3.86. The summed E-state index contributed by atoms with van der Waals surface area (Å²) in [6.45, 7) is 1.92. The Labute approximate surface area is 149 Å². The topological polar surface area (TPSA) is 63.5 Å². The molecule has 0 radical (unpaired) electrons. The van der Waals surface area contributed by atoms with E-state index in [1.165, 1.54) is 0 Å². The number of rotatable bonds is 4. The first kappa shape index (κ1) is 15.9. The standard InChI is InChI=1S/C18H15N3O2S2/c1-13-2-8-16(9-3-13)25(22,23)20-15-6-4-14(5-7-15)17-12-21-10-11-24-18(21)19-17/h2-12,20H,1H3. The number of thiazole rings is 1. The number of imidazole rings is 1. The second kappa shape index (κ2) is 6.02. The lowest BCUT2D eigenvalue weighted by atomic mass is 10.1. The number of hydrogen-bond acceptors (Lipinski definition) is 4. The third-order valence-corrected chi connectivity index (χ3v) is 6.03. The molecule has 0 amide bonds. The molecule has 0 bridgehead atoms. The lowest BCUT2D eigenvalue weighted by Crippen LogP contribution is -2.12. The van der Waals surface area contributed by atoms with Crippen LogP contribution in [0.15, 0.2) is 71.2 Å². The Morgan fingerprint density at radius 2 is 1.76 bits per heavy atom. The number of anilines is 1. The maximum absolute atomic E-state index is 12.4. The van der Waals surface area contributed by atoms with Crippen LogP contribution >= 0.6 is 11.3 Å². The van der Waals surface area contributed by atoms with Gasteiger partial charge in [0.05, 0.1) is 10.6 Å². The molecule has 1 N–H and O–H groups in total. The Hall–Kier alpha value is -2.64. The SMILES string of the molecule is Cc1ccc(S(=O)(=O)Nc2ccc(-c3cn4ccsc4n3)cc2)cc1. The van der Waals surface area contributed by atoms with Crippen LogP contribution < -0.4 is 4.72 Å². The highest BCUT2D eigenvalue weighted by atomic mass is 32.2. The first-order valence-electron chi connectivity index (χ1n) is 7.63. The molecule has 25 heavy (non-hydrogen) atoms. The van der Waals surface area contributed by atoms with Gasteiger partial charge in [-0.3, -0.25) is 9.12 Å². The van der Waals surface area contributed by atoms with Gasteiger partial charge >= 0.3 is 0 Å². The van der Waals surface area contributed by atoms with Crippen LogP contribution in [0.3, 0.4) is 0 Å². The highest BCUT2D eigenvalue weighted by Crippen LogP contribution is 2.24. The van der Waals surface area contributed by atoms with E-state index < -0.39 is 10.0 Å². The molecule has 4 aromatic rings. The molecule has 2 aromatic carbocycles. The zero-order chi connectivity index (χ0) is 17.4. The van der Waals surface area contributed by atoms with Crippen molar-refractivity contribution in [3.05, 3.63) is 71.9 Å². The number of aryl methyl sites for hydroxylation is 1. The predicted octanol–water partition coefficient (Wildman–Crippen LogP) is 4.17. The van der Waals surface area contributed by atoms with Crippen LogP contribution in [-0.2, 0) is 10.0 Å². The van der Waals surface area contributed by atoms with Crippen molar-refractivity contribution >= 4 is 32.0 Å². The molecule has 5 nitrogen and oxygen atoms in total. The molecule has 0 spiro atoms. The number of sulfonamides is 1. The second-order valence-electron chi connectivity index (χ2n) is 5.71. The van der Waals surface area contributed by atoms with Gasteiger partial charge in [-0.05, 0) is 31.2 Å². The van der Waals surface area contributed by atoms with E-state index in [4.69, 9.17) is 0 Å². The van der Waals surface area contributed by atoms with Gasteiger partial charge in [-0.1, -0.05) is 29.8 Å². The van der Waals surface area contributed by atoms with Crippen molar-refractivity contribution in [2.75, 3.05) is 4.72 Å². The summed E-state index contributed by atoms with van der Waals surface area (Å²) in [5, 5.41) is 1.98. The van der Waals surface area contributed by atoms with Gasteiger partial charge in [0.25, 0.3) is 10.0 Å². The number of nitrogens with one attached hydrogen (secondary N) is 1. The molecule has 2 heterocycles. The molecule has 0 unspecified atom stereocenters. The van der Waals surface area contributed by atoms with Crippen molar-refractivity contribution in [1.29, 1.82) is 0 Å².